The molecule has 0 bridgehead atoms. The van der Waals surface area contributed by atoms with E-state index in [1.165, 1.54) is 27.8 Å². The van der Waals surface area contributed by atoms with E-state index in [9.17, 15) is 0 Å². The van der Waals surface area contributed by atoms with Crippen LogP contribution in [0.15, 0.2) is 77.9 Å². The minimum Gasteiger partial charge on any atom is -0.0873 e. The van der Waals surface area contributed by atoms with E-state index >= 15 is 0 Å². The molecule has 0 aromatic heterocycles. The molecule has 0 aliphatic heterocycles. The molecule has 1 aromatic rings. The molecule has 0 fully saturated rings. The van der Waals surface area contributed by atoms with E-state index < -0.39 is 0 Å². The molecule has 1 unspecified atom stereocenters. The van der Waals surface area contributed by atoms with Crippen LogP contribution in [0.25, 0.3) is 5.57 Å². The van der Waals surface area contributed by atoms with Crippen molar-refractivity contribution in [3.8, 4) is 0 Å². The summed E-state index contributed by atoms with van der Waals surface area (Å²) in [4.78, 5) is 0. The Morgan fingerprint density at radius 3 is 2.95 bits per heavy atom. The van der Waals surface area contributed by atoms with Crippen molar-refractivity contribution < 1.29 is 0 Å². The molecule has 0 N–H and O–H groups in total. The van der Waals surface area contributed by atoms with Crippen LogP contribution >= 0.6 is 0 Å². The minimum atomic E-state index is 0.455. The summed E-state index contributed by atoms with van der Waals surface area (Å²) >= 11 is 0. The first kappa shape index (κ1) is 10.8. The van der Waals surface area contributed by atoms with Crippen LogP contribution in [0.1, 0.15) is 29.9 Å². The Balaban J connectivity index is 2.03. The molecule has 1 atom stereocenters. The van der Waals surface area contributed by atoms with Crippen molar-refractivity contribution in [2.24, 2.45) is 0 Å². The molecule has 3 aliphatic carbocycles. The zero-order valence-corrected chi connectivity index (χ0v) is 10.8. The van der Waals surface area contributed by atoms with Gasteiger partial charge < -0.3 is 0 Å². The highest BCUT2D eigenvalue weighted by molar-refractivity contribution is 5.88. The fourth-order valence-corrected chi connectivity index (χ4v) is 3.40. The van der Waals surface area contributed by atoms with Crippen LogP contribution < -0.4 is 0 Å². The van der Waals surface area contributed by atoms with Gasteiger partial charge >= 0.3 is 0 Å². The van der Waals surface area contributed by atoms with Gasteiger partial charge in [0, 0.05) is 5.92 Å². The molecular weight excluding hydrogens is 228 g/mol. The molecule has 19 heavy (non-hydrogen) atoms. The Morgan fingerprint density at radius 1 is 1.00 bits per heavy atom. The lowest BCUT2D eigenvalue weighted by atomic mass is 9.90. The third-order valence-electron chi connectivity index (χ3n) is 4.22. The summed E-state index contributed by atoms with van der Waals surface area (Å²) < 4.78 is 0. The summed E-state index contributed by atoms with van der Waals surface area (Å²) in [6.07, 6.45) is 18.1. The molecule has 0 amide bonds. The first-order valence-corrected chi connectivity index (χ1v) is 6.99. The van der Waals surface area contributed by atoms with Gasteiger partial charge in [-0.25, -0.2) is 0 Å². The summed E-state index contributed by atoms with van der Waals surface area (Å²) in [5.41, 5.74) is 7.31. The summed E-state index contributed by atoms with van der Waals surface area (Å²) in [7, 11) is 0. The maximum atomic E-state index is 2.39. The first-order chi connectivity index (χ1) is 9.45. The number of fused-ring (bicyclic) bond motifs is 3. The van der Waals surface area contributed by atoms with Gasteiger partial charge in [-0.1, -0.05) is 66.8 Å². The zero-order valence-electron chi connectivity index (χ0n) is 10.8. The Bertz CT molecular complexity index is 678. The Morgan fingerprint density at radius 2 is 1.95 bits per heavy atom. The first-order valence-electron chi connectivity index (χ1n) is 6.99. The number of allylic oxidation sites excluding steroid dienone is 10. The topological polar surface area (TPSA) is 0 Å². The standard InChI is InChI=1S/C19H16/c1-2-8-14-9-4-5-13-18-16-11-7-6-10-15(16)17(12-3-1)19(14)18/h1-3,5-8,10-13,18H,4,9H2/b2-1-,3-1?,8-2?,12-3?,14-8-,17-12?. The molecule has 0 saturated heterocycles. The molecule has 0 saturated carbocycles. The maximum absolute atomic E-state index is 2.39. The summed E-state index contributed by atoms with van der Waals surface area (Å²) in [5, 5.41) is 0. The van der Waals surface area contributed by atoms with E-state index in [4.69, 9.17) is 0 Å². The van der Waals surface area contributed by atoms with Crippen molar-refractivity contribution in [1.29, 1.82) is 0 Å². The minimum absolute atomic E-state index is 0.455. The van der Waals surface area contributed by atoms with Gasteiger partial charge in [0.15, 0.2) is 0 Å². The number of rotatable bonds is 0. The van der Waals surface area contributed by atoms with Crippen molar-refractivity contribution in [2.45, 2.75) is 18.8 Å². The molecule has 0 spiro atoms. The van der Waals surface area contributed by atoms with Gasteiger partial charge in [-0.05, 0) is 40.7 Å². The smallest absolute Gasteiger partial charge is 0.0284 e. The van der Waals surface area contributed by atoms with E-state index in [0.29, 0.717) is 5.92 Å². The molecule has 3 aliphatic rings. The van der Waals surface area contributed by atoms with Gasteiger partial charge in [-0.3, -0.25) is 0 Å². The summed E-state index contributed by atoms with van der Waals surface area (Å²) in [5.74, 6) is 0.455. The van der Waals surface area contributed by atoms with Gasteiger partial charge in [-0.15, -0.1) is 0 Å². The summed E-state index contributed by atoms with van der Waals surface area (Å²) in [6, 6.07) is 8.84. The van der Waals surface area contributed by atoms with Crippen molar-refractivity contribution in [2.75, 3.05) is 0 Å². The van der Waals surface area contributed by atoms with E-state index in [-0.39, 0.29) is 0 Å². The van der Waals surface area contributed by atoms with Crippen LogP contribution in [0.4, 0.5) is 0 Å². The van der Waals surface area contributed by atoms with Gasteiger partial charge in [0.2, 0.25) is 0 Å². The number of hydrogen-bond acceptors (Lipinski definition) is 0. The second-order valence-electron chi connectivity index (χ2n) is 5.30. The van der Waals surface area contributed by atoms with E-state index in [1.54, 1.807) is 0 Å². The second kappa shape index (κ2) is 4.24. The maximum Gasteiger partial charge on any atom is 0.0284 e. The SMILES string of the molecule is C1=CC2=C3/C(=C\C=C/1)CCC=CC3c1ccccc12. The average Bonchev–Trinajstić information content (AvgIpc) is 2.58. The average molecular weight is 244 g/mol. The molecule has 0 radical (unpaired) electrons. The molecule has 0 heterocycles. The lowest BCUT2D eigenvalue weighted by Gasteiger charge is -2.14. The van der Waals surface area contributed by atoms with Crippen molar-refractivity contribution in [3.05, 3.63) is 89.1 Å². The van der Waals surface area contributed by atoms with Gasteiger partial charge in [0.1, 0.15) is 0 Å². The highest BCUT2D eigenvalue weighted by Gasteiger charge is 2.30. The summed E-state index contributed by atoms with van der Waals surface area (Å²) in [6.45, 7) is 0. The largest absolute Gasteiger partial charge is 0.0873 e. The highest BCUT2D eigenvalue weighted by Crippen LogP contribution is 2.48. The van der Waals surface area contributed by atoms with Crippen LogP contribution in [-0.4, -0.2) is 0 Å². The second-order valence-corrected chi connectivity index (χ2v) is 5.30. The third kappa shape index (κ3) is 1.60. The fraction of sp³-hybridized carbons (Fsp3) is 0.158. The molecule has 1 aromatic carbocycles. The van der Waals surface area contributed by atoms with Gasteiger partial charge in [-0.2, -0.15) is 0 Å². The monoisotopic (exact) mass is 244 g/mol. The van der Waals surface area contributed by atoms with Gasteiger partial charge in [0.25, 0.3) is 0 Å². The highest BCUT2D eigenvalue weighted by atomic mass is 14.3. The molecule has 0 nitrogen and oxygen atoms in total. The van der Waals surface area contributed by atoms with Crippen molar-refractivity contribution in [3.63, 3.8) is 0 Å². The van der Waals surface area contributed by atoms with Gasteiger partial charge in [0.05, 0.1) is 0 Å². The van der Waals surface area contributed by atoms with Crippen molar-refractivity contribution >= 4 is 5.57 Å². The predicted octanol–water partition coefficient (Wildman–Crippen LogP) is 4.94. The lowest BCUT2D eigenvalue weighted by Crippen LogP contribution is -1.97. The lowest BCUT2D eigenvalue weighted by molar-refractivity contribution is 0.979. The Hall–Kier alpha value is -2.08. The van der Waals surface area contributed by atoms with Crippen LogP contribution in [-0.2, 0) is 0 Å². The van der Waals surface area contributed by atoms with E-state index in [0.717, 1.165) is 12.8 Å². The number of hydrogen-bond donors (Lipinski definition) is 0. The molecule has 92 valence electrons. The quantitative estimate of drug-likeness (QED) is 0.567. The fourth-order valence-electron chi connectivity index (χ4n) is 3.40. The van der Waals surface area contributed by atoms with Crippen molar-refractivity contribution in [1.82, 2.24) is 0 Å². The zero-order chi connectivity index (χ0) is 12.7. The Kier molecular flexibility index (Phi) is 2.41. The predicted molar refractivity (Wildman–Crippen MR) is 80.8 cm³/mol. The van der Waals surface area contributed by atoms with Crippen LogP contribution in [0.5, 0.6) is 0 Å². The Labute approximate surface area is 114 Å². The van der Waals surface area contributed by atoms with E-state index in [1.807, 2.05) is 0 Å². The third-order valence-corrected chi connectivity index (χ3v) is 4.22. The molecule has 4 rings (SSSR count). The van der Waals surface area contributed by atoms with E-state index in [2.05, 4.69) is 66.8 Å². The normalized spacial score (nSPS) is 27.8. The van der Waals surface area contributed by atoms with Crippen LogP contribution in [0.3, 0.4) is 0 Å². The molecular formula is C19H16. The van der Waals surface area contributed by atoms with Crippen LogP contribution in [0.2, 0.25) is 0 Å². The molecule has 0 heteroatoms. The number of benzene rings is 1. The van der Waals surface area contributed by atoms with Crippen LogP contribution in [0, 0.1) is 0 Å².